The van der Waals surface area contributed by atoms with Crippen LogP contribution < -0.4 is 5.32 Å². The van der Waals surface area contributed by atoms with E-state index < -0.39 is 0 Å². The van der Waals surface area contributed by atoms with Crippen LogP contribution >= 0.6 is 11.3 Å². The van der Waals surface area contributed by atoms with E-state index >= 15 is 0 Å². The minimum Gasteiger partial charge on any atom is -0.340 e. The highest BCUT2D eigenvalue weighted by Gasteiger charge is 2.22. The van der Waals surface area contributed by atoms with Gasteiger partial charge in [0.1, 0.15) is 5.69 Å². The molecule has 0 aliphatic carbocycles. The van der Waals surface area contributed by atoms with Crippen LogP contribution in [-0.2, 0) is 6.54 Å². The van der Waals surface area contributed by atoms with Crippen molar-refractivity contribution in [3.63, 3.8) is 0 Å². The number of thiophene rings is 1. The molecule has 152 valence electrons. The Morgan fingerprint density at radius 2 is 1.39 bits per heavy atom. The Morgan fingerprint density at radius 1 is 0.806 bits per heavy atom. The van der Waals surface area contributed by atoms with Crippen LogP contribution in [0.5, 0.6) is 0 Å². The molecule has 0 unspecified atom stereocenters. The first kappa shape index (κ1) is 19.3. The van der Waals surface area contributed by atoms with Crippen molar-refractivity contribution < 1.29 is 4.79 Å². The summed E-state index contributed by atoms with van der Waals surface area (Å²) in [5, 5.41) is 5.36. The number of aromatic nitrogens is 1. The van der Waals surface area contributed by atoms with Crippen LogP contribution in [0.3, 0.4) is 0 Å². The van der Waals surface area contributed by atoms with E-state index in [4.69, 9.17) is 0 Å². The lowest BCUT2D eigenvalue weighted by Gasteiger charge is -2.20. The fourth-order valence-electron chi connectivity index (χ4n) is 3.96. The second-order valence-corrected chi connectivity index (χ2v) is 8.45. The fraction of sp³-hybridized carbons (Fsp3) is 0.0741. The molecule has 5 aromatic rings. The number of carbonyl (C=O) groups is 1. The van der Waals surface area contributed by atoms with Gasteiger partial charge in [0, 0.05) is 6.54 Å². The van der Waals surface area contributed by atoms with Crippen molar-refractivity contribution >= 4 is 27.5 Å². The molecule has 5 rings (SSSR count). The monoisotopic (exact) mass is 422 g/mol. The van der Waals surface area contributed by atoms with Gasteiger partial charge in [-0.05, 0) is 34.2 Å². The number of benzene rings is 3. The summed E-state index contributed by atoms with van der Waals surface area (Å²) in [6, 6.07) is 34.4. The Balaban J connectivity index is 1.52. The van der Waals surface area contributed by atoms with Crippen molar-refractivity contribution in [3.8, 4) is 0 Å². The quantitative estimate of drug-likeness (QED) is 0.344. The molecule has 3 aromatic carbocycles. The molecule has 0 spiro atoms. The fourth-order valence-corrected chi connectivity index (χ4v) is 4.78. The van der Waals surface area contributed by atoms with Crippen LogP contribution in [0.25, 0.3) is 10.2 Å². The Kier molecular flexibility index (Phi) is 5.38. The van der Waals surface area contributed by atoms with E-state index in [0.29, 0.717) is 12.2 Å². The largest absolute Gasteiger partial charge is 0.340 e. The molecule has 0 saturated carbocycles. The molecule has 1 N–H and O–H groups in total. The lowest BCUT2D eigenvalue weighted by molar-refractivity contribution is 0.0934. The number of amides is 1. The maximum atomic E-state index is 13.6. The molecule has 2 heterocycles. The summed E-state index contributed by atoms with van der Waals surface area (Å²) in [5.41, 5.74) is 5.07. The number of hydrogen-bond donors (Lipinski definition) is 1. The average Bonchev–Trinajstić information content (AvgIpc) is 3.42. The van der Waals surface area contributed by atoms with E-state index in [1.54, 1.807) is 11.3 Å². The van der Waals surface area contributed by atoms with Crippen molar-refractivity contribution in [2.24, 2.45) is 0 Å². The zero-order valence-corrected chi connectivity index (χ0v) is 17.8. The van der Waals surface area contributed by atoms with Gasteiger partial charge in [0.15, 0.2) is 0 Å². The predicted molar refractivity (Wildman–Crippen MR) is 128 cm³/mol. The van der Waals surface area contributed by atoms with Crippen molar-refractivity contribution in [3.05, 3.63) is 131 Å². The van der Waals surface area contributed by atoms with Gasteiger partial charge in [-0.15, -0.1) is 11.3 Å². The normalized spacial score (nSPS) is 11.1. The summed E-state index contributed by atoms with van der Waals surface area (Å²) in [4.78, 5) is 13.6. The van der Waals surface area contributed by atoms with Gasteiger partial charge in [0.2, 0.25) is 0 Å². The molecule has 0 fully saturated rings. The summed E-state index contributed by atoms with van der Waals surface area (Å²) >= 11 is 1.66. The highest BCUT2D eigenvalue weighted by Crippen LogP contribution is 2.28. The standard InChI is InChI=1S/C27H22N2OS/c30-27(28-26(21-12-6-2-7-13-21)22-14-8-3-9-15-22)24-18-25-23(16-17-31-25)29(24)19-20-10-4-1-5-11-20/h1-18,26H,19H2,(H,28,30). The van der Waals surface area contributed by atoms with E-state index in [9.17, 15) is 4.79 Å². The van der Waals surface area contributed by atoms with Gasteiger partial charge in [0.05, 0.1) is 16.3 Å². The van der Waals surface area contributed by atoms with Crippen LogP contribution in [0.2, 0.25) is 0 Å². The van der Waals surface area contributed by atoms with Gasteiger partial charge in [-0.25, -0.2) is 0 Å². The van der Waals surface area contributed by atoms with Crippen LogP contribution in [-0.4, -0.2) is 10.5 Å². The summed E-state index contributed by atoms with van der Waals surface area (Å²) in [6.45, 7) is 0.658. The van der Waals surface area contributed by atoms with Gasteiger partial charge in [0.25, 0.3) is 5.91 Å². The Morgan fingerprint density at radius 3 is 2.00 bits per heavy atom. The molecule has 3 nitrogen and oxygen atoms in total. The lowest BCUT2D eigenvalue weighted by atomic mass is 9.98. The number of carbonyl (C=O) groups excluding carboxylic acids is 1. The third kappa shape index (κ3) is 4.03. The number of hydrogen-bond acceptors (Lipinski definition) is 2. The lowest BCUT2D eigenvalue weighted by Crippen LogP contribution is -2.31. The van der Waals surface area contributed by atoms with E-state index in [2.05, 4.69) is 57.7 Å². The molecule has 0 atom stereocenters. The number of fused-ring (bicyclic) bond motifs is 1. The van der Waals surface area contributed by atoms with Gasteiger partial charge in [-0.2, -0.15) is 0 Å². The number of nitrogens with zero attached hydrogens (tertiary/aromatic N) is 1. The third-order valence-electron chi connectivity index (χ3n) is 5.48. The topological polar surface area (TPSA) is 34.0 Å². The van der Waals surface area contributed by atoms with Crippen molar-refractivity contribution in [2.45, 2.75) is 12.6 Å². The molecule has 0 aliphatic rings. The van der Waals surface area contributed by atoms with Crippen molar-refractivity contribution in [2.75, 3.05) is 0 Å². The van der Waals surface area contributed by atoms with Gasteiger partial charge >= 0.3 is 0 Å². The zero-order valence-electron chi connectivity index (χ0n) is 16.9. The molecular formula is C27H22N2OS. The van der Waals surface area contributed by atoms with Crippen LogP contribution in [0.1, 0.15) is 33.2 Å². The second kappa shape index (κ2) is 8.62. The minimum atomic E-state index is -0.215. The zero-order chi connectivity index (χ0) is 21.0. The maximum Gasteiger partial charge on any atom is 0.268 e. The highest BCUT2D eigenvalue weighted by atomic mass is 32.1. The van der Waals surface area contributed by atoms with Gasteiger partial charge in [-0.1, -0.05) is 91.0 Å². The van der Waals surface area contributed by atoms with Crippen molar-refractivity contribution in [1.29, 1.82) is 0 Å². The van der Waals surface area contributed by atoms with Gasteiger partial charge in [-0.3, -0.25) is 4.79 Å². The Hall–Kier alpha value is -3.63. The van der Waals surface area contributed by atoms with E-state index in [1.165, 1.54) is 5.56 Å². The predicted octanol–water partition coefficient (Wildman–Crippen LogP) is 6.27. The molecule has 0 bridgehead atoms. The first-order valence-corrected chi connectivity index (χ1v) is 11.2. The SMILES string of the molecule is O=C(NC(c1ccccc1)c1ccccc1)c1cc2sccc2n1Cc1ccccc1. The van der Waals surface area contributed by atoms with E-state index in [1.807, 2.05) is 60.7 Å². The maximum absolute atomic E-state index is 13.6. The summed E-state index contributed by atoms with van der Waals surface area (Å²) < 4.78 is 3.24. The van der Waals surface area contributed by atoms with E-state index in [-0.39, 0.29) is 11.9 Å². The molecule has 0 saturated heterocycles. The first-order chi connectivity index (χ1) is 15.3. The highest BCUT2D eigenvalue weighted by molar-refractivity contribution is 7.17. The summed E-state index contributed by atoms with van der Waals surface area (Å²) in [5.74, 6) is -0.0722. The second-order valence-electron chi connectivity index (χ2n) is 7.50. The average molecular weight is 423 g/mol. The molecular weight excluding hydrogens is 400 g/mol. The van der Waals surface area contributed by atoms with Gasteiger partial charge < -0.3 is 9.88 Å². The van der Waals surface area contributed by atoms with Crippen LogP contribution in [0, 0.1) is 0 Å². The molecule has 0 radical (unpaired) electrons. The molecule has 4 heteroatoms. The summed E-state index contributed by atoms with van der Waals surface area (Å²) in [7, 11) is 0. The van der Waals surface area contributed by atoms with Crippen LogP contribution in [0.4, 0.5) is 0 Å². The Labute approximate surface area is 185 Å². The van der Waals surface area contributed by atoms with E-state index in [0.717, 1.165) is 21.3 Å². The molecule has 0 aliphatic heterocycles. The first-order valence-electron chi connectivity index (χ1n) is 10.3. The van der Waals surface area contributed by atoms with Crippen LogP contribution in [0.15, 0.2) is 109 Å². The smallest absolute Gasteiger partial charge is 0.268 e. The Bertz CT molecular complexity index is 1250. The number of rotatable bonds is 6. The minimum absolute atomic E-state index is 0.0722. The molecule has 2 aromatic heterocycles. The summed E-state index contributed by atoms with van der Waals surface area (Å²) in [6.07, 6.45) is 0. The number of nitrogens with one attached hydrogen (secondary N) is 1. The molecule has 31 heavy (non-hydrogen) atoms. The van der Waals surface area contributed by atoms with Crippen molar-refractivity contribution in [1.82, 2.24) is 9.88 Å². The third-order valence-corrected chi connectivity index (χ3v) is 6.33. The molecule has 1 amide bonds.